The molecule has 2 amide bonds. The first-order valence-electron chi connectivity index (χ1n) is 4.39. The van der Waals surface area contributed by atoms with Gasteiger partial charge in [-0.3, -0.25) is 14.8 Å². The molecule has 0 fully saturated rings. The van der Waals surface area contributed by atoms with Gasteiger partial charge in [-0.1, -0.05) is 29.8 Å². The Hall–Kier alpha value is -1.59. The number of nitrogens with two attached hydrogens (primary N) is 1. The second-order valence-corrected chi connectivity index (χ2v) is 3.44. The van der Waals surface area contributed by atoms with Gasteiger partial charge in [-0.05, 0) is 11.6 Å². The molecule has 16 heavy (non-hydrogen) atoms. The second kappa shape index (κ2) is 5.48. The normalized spacial score (nSPS) is 10.2. The molecule has 0 heterocycles. The van der Waals surface area contributed by atoms with E-state index in [2.05, 4.69) is 0 Å². The molecule has 1 radical (unpaired) electrons. The van der Waals surface area contributed by atoms with Crippen LogP contribution in [-0.4, -0.2) is 17.0 Å². The van der Waals surface area contributed by atoms with Gasteiger partial charge < -0.3 is 5.73 Å². The van der Waals surface area contributed by atoms with E-state index in [1.165, 1.54) is 5.48 Å². The molecule has 0 saturated heterocycles. The maximum absolute atomic E-state index is 11.2. The number of carbonyl (C=O) groups is 2. The number of hydrogen-bond acceptors (Lipinski definition) is 3. The zero-order valence-electron chi connectivity index (χ0n) is 8.24. The van der Waals surface area contributed by atoms with Crippen LogP contribution < -0.4 is 11.2 Å². The van der Waals surface area contributed by atoms with Crippen LogP contribution in [0.5, 0.6) is 0 Å². The Bertz CT molecular complexity index is 409. The maximum atomic E-state index is 11.2. The third kappa shape index (κ3) is 2.95. The first-order chi connectivity index (χ1) is 7.56. The highest BCUT2D eigenvalue weighted by atomic mass is 35.5. The molecule has 0 aliphatic heterocycles. The summed E-state index contributed by atoms with van der Waals surface area (Å²) in [5, 5.41) is 8.71. The Labute approximate surface area is 97.2 Å². The summed E-state index contributed by atoms with van der Waals surface area (Å²) >= 11 is 5.87. The third-order valence-electron chi connectivity index (χ3n) is 1.96. The van der Waals surface area contributed by atoms with Gasteiger partial charge in [0.25, 0.3) is 0 Å². The highest BCUT2D eigenvalue weighted by Crippen LogP contribution is 2.25. The molecule has 0 aliphatic carbocycles. The second-order valence-electron chi connectivity index (χ2n) is 3.03. The van der Waals surface area contributed by atoms with Gasteiger partial charge in [-0.15, -0.1) is 0 Å². The molecule has 0 aliphatic rings. The standard InChI is InChI=1S/C10H10ClN2O3/c11-8-4-2-1-3-6(8)7(10(12)15)5-9(14)13-16/h1-4,16H,5H2,(H2,12,15)(H,13,14). The number of benzene rings is 1. The summed E-state index contributed by atoms with van der Waals surface area (Å²) in [5.74, 6) is -1.43. The minimum atomic E-state index is -0.753. The summed E-state index contributed by atoms with van der Waals surface area (Å²) in [6.45, 7) is 0. The minimum Gasteiger partial charge on any atom is -0.369 e. The zero-order valence-corrected chi connectivity index (χ0v) is 8.99. The predicted octanol–water partition coefficient (Wildman–Crippen LogP) is 0.643. The monoisotopic (exact) mass is 241 g/mol. The molecule has 4 N–H and O–H groups in total. The largest absolute Gasteiger partial charge is 0.369 e. The molecule has 6 heteroatoms. The van der Waals surface area contributed by atoms with Crippen molar-refractivity contribution in [3.05, 3.63) is 40.8 Å². The van der Waals surface area contributed by atoms with Crippen molar-refractivity contribution in [2.45, 2.75) is 6.42 Å². The van der Waals surface area contributed by atoms with Crippen molar-refractivity contribution in [2.75, 3.05) is 0 Å². The topological polar surface area (TPSA) is 92.4 Å². The van der Waals surface area contributed by atoms with E-state index >= 15 is 0 Å². The smallest absolute Gasteiger partial charge is 0.244 e. The summed E-state index contributed by atoms with van der Waals surface area (Å²) in [7, 11) is 0. The van der Waals surface area contributed by atoms with Crippen molar-refractivity contribution in [2.24, 2.45) is 5.73 Å². The molecular weight excluding hydrogens is 232 g/mol. The van der Waals surface area contributed by atoms with Gasteiger partial charge in [-0.2, -0.15) is 0 Å². The molecule has 0 unspecified atom stereocenters. The van der Waals surface area contributed by atoms with Crippen LogP contribution in [0.25, 0.3) is 0 Å². The Morgan fingerprint density at radius 2 is 2.00 bits per heavy atom. The lowest BCUT2D eigenvalue weighted by molar-refractivity contribution is -0.130. The van der Waals surface area contributed by atoms with E-state index in [0.717, 1.165) is 0 Å². The zero-order chi connectivity index (χ0) is 12.1. The number of nitrogens with one attached hydrogen (secondary N) is 1. The van der Waals surface area contributed by atoms with E-state index in [-0.39, 0.29) is 12.3 Å². The molecule has 0 saturated carbocycles. The van der Waals surface area contributed by atoms with Crippen LogP contribution in [0.15, 0.2) is 24.3 Å². The number of halogens is 1. The summed E-state index contributed by atoms with van der Waals surface area (Å²) in [6, 6.07) is 6.52. The number of amides is 2. The van der Waals surface area contributed by atoms with Gasteiger partial charge in [0.05, 0.1) is 0 Å². The fourth-order valence-electron chi connectivity index (χ4n) is 1.22. The number of primary amides is 1. The van der Waals surface area contributed by atoms with Crippen molar-refractivity contribution >= 4 is 23.4 Å². The van der Waals surface area contributed by atoms with E-state index in [1.54, 1.807) is 24.3 Å². The average Bonchev–Trinajstić information content (AvgIpc) is 2.26. The highest BCUT2D eigenvalue weighted by Gasteiger charge is 2.24. The molecule has 1 rings (SSSR count). The van der Waals surface area contributed by atoms with Crippen LogP contribution in [-0.2, 0) is 9.59 Å². The average molecular weight is 242 g/mol. The van der Waals surface area contributed by atoms with Crippen LogP contribution in [0.4, 0.5) is 0 Å². The first kappa shape index (κ1) is 12.5. The molecule has 1 aromatic carbocycles. The molecule has 1 aromatic rings. The molecule has 0 aromatic heterocycles. The summed E-state index contributed by atoms with van der Waals surface area (Å²) in [5.41, 5.74) is 6.96. The lowest BCUT2D eigenvalue weighted by atomic mass is 9.95. The van der Waals surface area contributed by atoms with E-state index < -0.39 is 11.8 Å². The molecule has 85 valence electrons. The summed E-state index contributed by atoms with van der Waals surface area (Å²) in [6.07, 6.45) is -0.324. The van der Waals surface area contributed by atoms with Gasteiger partial charge in [0, 0.05) is 11.4 Å². The molecular formula is C10H10ClN2O3. The van der Waals surface area contributed by atoms with Crippen LogP contribution in [0.3, 0.4) is 0 Å². The minimum absolute atomic E-state index is 0.0529. The van der Waals surface area contributed by atoms with Gasteiger partial charge in [0.2, 0.25) is 11.8 Å². The summed E-state index contributed by atoms with van der Waals surface area (Å²) < 4.78 is 0. The van der Waals surface area contributed by atoms with Crippen LogP contribution in [0, 0.1) is 5.92 Å². The van der Waals surface area contributed by atoms with Crippen LogP contribution in [0.1, 0.15) is 12.0 Å². The molecule has 5 nitrogen and oxygen atoms in total. The number of hydroxylamine groups is 1. The number of carbonyl (C=O) groups excluding carboxylic acids is 2. The highest BCUT2D eigenvalue weighted by molar-refractivity contribution is 6.32. The number of rotatable bonds is 4. The SMILES string of the molecule is NC(=O)[C](CC(=O)NO)c1ccccc1Cl. The van der Waals surface area contributed by atoms with Crippen molar-refractivity contribution in [3.8, 4) is 0 Å². The molecule has 0 atom stereocenters. The Kier molecular flexibility index (Phi) is 4.28. The molecule has 0 bridgehead atoms. The van der Waals surface area contributed by atoms with Crippen LogP contribution >= 0.6 is 11.6 Å². The third-order valence-corrected chi connectivity index (χ3v) is 2.29. The van der Waals surface area contributed by atoms with E-state index in [1.807, 2.05) is 0 Å². The van der Waals surface area contributed by atoms with Gasteiger partial charge >= 0.3 is 0 Å². The van der Waals surface area contributed by atoms with Gasteiger partial charge in [0.1, 0.15) is 5.92 Å². The first-order valence-corrected chi connectivity index (χ1v) is 4.77. The Morgan fingerprint density at radius 3 is 2.50 bits per heavy atom. The van der Waals surface area contributed by atoms with E-state index in [4.69, 9.17) is 22.5 Å². The fourth-order valence-corrected chi connectivity index (χ4v) is 1.47. The van der Waals surface area contributed by atoms with Crippen molar-refractivity contribution in [3.63, 3.8) is 0 Å². The Morgan fingerprint density at radius 1 is 1.38 bits per heavy atom. The van der Waals surface area contributed by atoms with Crippen molar-refractivity contribution in [1.29, 1.82) is 0 Å². The fraction of sp³-hybridized carbons (Fsp3) is 0.100. The predicted molar refractivity (Wildman–Crippen MR) is 57.5 cm³/mol. The molecule has 0 spiro atoms. The van der Waals surface area contributed by atoms with Crippen LogP contribution in [0.2, 0.25) is 5.02 Å². The van der Waals surface area contributed by atoms with Gasteiger partial charge in [-0.25, -0.2) is 5.48 Å². The van der Waals surface area contributed by atoms with E-state index in [9.17, 15) is 9.59 Å². The number of hydrogen-bond donors (Lipinski definition) is 3. The van der Waals surface area contributed by atoms with E-state index in [0.29, 0.717) is 10.6 Å². The van der Waals surface area contributed by atoms with Crippen molar-refractivity contribution in [1.82, 2.24) is 5.48 Å². The lowest BCUT2D eigenvalue weighted by Crippen LogP contribution is -2.29. The maximum Gasteiger partial charge on any atom is 0.244 e. The lowest BCUT2D eigenvalue weighted by Gasteiger charge is -2.12. The summed E-state index contributed by atoms with van der Waals surface area (Å²) in [4.78, 5) is 22.1. The Balaban J connectivity index is 2.99. The van der Waals surface area contributed by atoms with Crippen molar-refractivity contribution < 1.29 is 14.8 Å². The van der Waals surface area contributed by atoms with Gasteiger partial charge in [0.15, 0.2) is 0 Å². The quantitative estimate of drug-likeness (QED) is 0.534.